The minimum atomic E-state index is -2.39. The van der Waals surface area contributed by atoms with Crippen LogP contribution in [-0.4, -0.2) is 141 Å². The molecule has 4 fully saturated rings. The number of carboxylic acids is 1. The average molecular weight is 1020 g/mol. The van der Waals surface area contributed by atoms with Crippen molar-refractivity contribution in [2.24, 2.45) is 28.6 Å². The smallest absolute Gasteiger partial charge is 0.408 e. The molecule has 1 unspecified atom stereocenters. The number of carboxylic acid groups (broad SMARTS) is 1. The molecular weight excluding hydrogens is 955 g/mol. The van der Waals surface area contributed by atoms with Gasteiger partial charge in [-0.3, -0.25) is 4.79 Å². The van der Waals surface area contributed by atoms with E-state index in [0.29, 0.717) is 0 Å². The second kappa shape index (κ2) is 20.9. The zero-order valence-electron chi connectivity index (χ0n) is 41.9. The van der Waals surface area contributed by atoms with E-state index < -0.39 is 150 Å². The van der Waals surface area contributed by atoms with Gasteiger partial charge in [-0.25, -0.2) is 24.0 Å². The number of hydrogen-bond donors (Lipinski definition) is 6. The van der Waals surface area contributed by atoms with Crippen LogP contribution in [0.3, 0.4) is 0 Å². The molecule has 0 spiro atoms. The van der Waals surface area contributed by atoms with E-state index in [4.69, 9.17) is 37.9 Å². The number of fused-ring (bicyclic) bond motifs is 5. The van der Waals surface area contributed by atoms with Crippen LogP contribution in [0.25, 0.3) is 0 Å². The van der Waals surface area contributed by atoms with Gasteiger partial charge in [-0.2, -0.15) is 0 Å². The maximum atomic E-state index is 15.2. The first-order chi connectivity index (χ1) is 34.2. The molecule has 4 aliphatic rings. The summed E-state index contributed by atoms with van der Waals surface area (Å²) in [6, 6.07) is 20.2. The Bertz CT molecular complexity index is 2520. The lowest BCUT2D eigenvalue weighted by molar-refractivity contribution is -0.379. The lowest BCUT2D eigenvalue weighted by Crippen LogP contribution is -2.83. The number of rotatable bonds is 15. The third-order valence-electron chi connectivity index (χ3n) is 15.1. The van der Waals surface area contributed by atoms with E-state index in [2.05, 4.69) is 5.32 Å². The molecule has 1 heterocycles. The largest absolute Gasteiger partial charge is 0.479 e. The molecule has 3 aliphatic carbocycles. The molecule has 1 saturated heterocycles. The zero-order chi connectivity index (χ0) is 53.4. The number of hydrogen-bond acceptors (Lipinski definition) is 18. The molecule has 73 heavy (non-hydrogen) atoms. The number of carbonyl (C=O) groups is 6. The Hall–Kier alpha value is -6.32. The van der Waals surface area contributed by atoms with Gasteiger partial charge in [0.2, 0.25) is 6.10 Å². The summed E-state index contributed by atoms with van der Waals surface area (Å²) >= 11 is 0. The van der Waals surface area contributed by atoms with Crippen molar-refractivity contribution in [3.8, 4) is 11.5 Å². The van der Waals surface area contributed by atoms with E-state index in [9.17, 15) is 49.5 Å². The van der Waals surface area contributed by atoms with Gasteiger partial charge in [-0.05, 0) is 56.5 Å². The number of aliphatic carboxylic acids is 1. The molecular formula is C53H65NO19. The van der Waals surface area contributed by atoms with Crippen molar-refractivity contribution in [2.45, 2.75) is 134 Å². The van der Waals surface area contributed by atoms with Crippen molar-refractivity contribution < 1.29 is 92.2 Å². The van der Waals surface area contributed by atoms with Gasteiger partial charge < -0.3 is 68.7 Å². The molecule has 0 radical (unpaired) electrons. The van der Waals surface area contributed by atoms with E-state index in [1.165, 1.54) is 31.2 Å². The number of amides is 1. The highest BCUT2D eigenvalue weighted by atomic mass is 16.6. The summed E-state index contributed by atoms with van der Waals surface area (Å²) < 4.78 is 47.3. The molecule has 1 amide bonds. The monoisotopic (exact) mass is 1020 g/mol. The average Bonchev–Trinajstić information content (AvgIpc) is 3.32. The molecule has 396 valence electrons. The third-order valence-corrected chi connectivity index (χ3v) is 15.1. The third kappa shape index (κ3) is 10.6. The number of aliphatic hydroxyl groups excluding tert-OH is 3. The molecule has 3 aromatic rings. The number of esters is 4. The maximum absolute atomic E-state index is 15.2. The quantitative estimate of drug-likeness (QED) is 0.0923. The van der Waals surface area contributed by atoms with Crippen molar-refractivity contribution in [1.82, 2.24) is 5.32 Å². The highest BCUT2D eigenvalue weighted by molar-refractivity contribution is 5.89. The fourth-order valence-electron chi connectivity index (χ4n) is 11.6. The fourth-order valence-corrected chi connectivity index (χ4v) is 11.6. The van der Waals surface area contributed by atoms with Crippen LogP contribution in [0.4, 0.5) is 4.79 Å². The topological polar surface area (TPSA) is 289 Å². The normalized spacial score (nSPS) is 31.9. The van der Waals surface area contributed by atoms with Crippen LogP contribution in [0.1, 0.15) is 90.2 Å². The molecule has 2 bridgehead atoms. The summed E-state index contributed by atoms with van der Waals surface area (Å²) in [4.78, 5) is 81.5. The summed E-state index contributed by atoms with van der Waals surface area (Å²) in [6.45, 7) is 10.4. The van der Waals surface area contributed by atoms with Crippen molar-refractivity contribution in [1.29, 1.82) is 0 Å². The molecule has 14 atom stereocenters. The first kappa shape index (κ1) is 54.5. The standard InChI is InChI=1S/C53H65NO19/c1-28-34(69-47(63)42(40(30-17-11-9-12-18-30)54-48(64)73-49(3,4)5)70-38(59)26-67-33-22-16-15-21-32(33)66-25-37(57)58)24-53(65)45(71-46(62)31-19-13-10-14-20-31)43-51(8,44(61)41(60)39(28)50(53,6)7)35(56)23-36-52(43,27-68-36)72-29(2)55/h9-22,28,34-36,39-45,56,60-61,65H,23-27H2,1-8H3,(H,54,64)(H,57,58)/t28?,34-,35-,36+,39-,40-,41+,42+,43-,44+,45-,51+,52-,53+/m0/s1. The van der Waals surface area contributed by atoms with E-state index in [1.54, 1.807) is 102 Å². The Kier molecular flexibility index (Phi) is 15.6. The van der Waals surface area contributed by atoms with Gasteiger partial charge in [0.15, 0.2) is 30.3 Å². The van der Waals surface area contributed by atoms with E-state index >= 15 is 4.79 Å². The van der Waals surface area contributed by atoms with Crippen molar-refractivity contribution in [3.63, 3.8) is 0 Å². The summed E-state index contributed by atoms with van der Waals surface area (Å²) in [5.74, 6) is -9.19. The van der Waals surface area contributed by atoms with Crippen molar-refractivity contribution in [3.05, 3.63) is 96.1 Å². The van der Waals surface area contributed by atoms with Crippen LogP contribution in [0.5, 0.6) is 11.5 Å². The lowest BCUT2D eigenvalue weighted by atomic mass is 9.42. The lowest BCUT2D eigenvalue weighted by Gasteiger charge is -2.70. The van der Waals surface area contributed by atoms with Gasteiger partial charge in [0.05, 0.1) is 36.4 Å². The number of benzene rings is 3. The SMILES string of the molecule is CC(=O)O[C@@]12CO[C@@H]1C[C@H](O)[C@@]1(C)[C@H](O)[C@H](O)[C@@H]3C(C)[C@@H](OC(=O)[C@H](OC(=O)COc4ccccc4OCC(=O)O)[C@@H](NC(=O)OC(C)(C)C)c4ccccc4)C[C@@](O)([C@@H](OC(=O)c4ccccc4)[C@H]21)C3(C)C. The second-order valence-corrected chi connectivity index (χ2v) is 21.1. The van der Waals surface area contributed by atoms with E-state index in [-0.39, 0.29) is 35.7 Å². The molecule has 1 aliphatic heterocycles. The van der Waals surface area contributed by atoms with Gasteiger partial charge in [0, 0.05) is 36.5 Å². The van der Waals surface area contributed by atoms with Crippen LogP contribution < -0.4 is 14.8 Å². The summed E-state index contributed by atoms with van der Waals surface area (Å²) in [7, 11) is 0. The molecule has 7 rings (SSSR count). The Labute approximate surface area is 422 Å². The van der Waals surface area contributed by atoms with Gasteiger partial charge >= 0.3 is 35.9 Å². The van der Waals surface area contributed by atoms with Crippen LogP contribution in [0.2, 0.25) is 0 Å². The number of alkyl carbamates (subject to hydrolysis) is 1. The number of para-hydroxylation sites is 2. The van der Waals surface area contributed by atoms with Crippen molar-refractivity contribution in [2.75, 3.05) is 19.8 Å². The summed E-state index contributed by atoms with van der Waals surface area (Å²) in [5, 5.41) is 63.0. The fraction of sp³-hybridized carbons (Fsp3) is 0.547. The number of carbonyl (C=O) groups excluding carboxylic acids is 5. The van der Waals surface area contributed by atoms with Gasteiger partial charge in [-0.1, -0.05) is 88.4 Å². The van der Waals surface area contributed by atoms with Crippen LogP contribution in [0, 0.1) is 28.6 Å². The zero-order valence-corrected chi connectivity index (χ0v) is 41.9. The summed E-state index contributed by atoms with van der Waals surface area (Å²) in [6.07, 6.45) is -13.3. The number of aliphatic hydroxyl groups is 4. The Balaban J connectivity index is 1.32. The predicted molar refractivity (Wildman–Crippen MR) is 253 cm³/mol. The molecule has 20 nitrogen and oxygen atoms in total. The molecule has 3 aromatic carbocycles. The van der Waals surface area contributed by atoms with Crippen LogP contribution >= 0.6 is 0 Å². The highest BCUT2D eigenvalue weighted by Crippen LogP contribution is 2.66. The Morgan fingerprint density at radius 3 is 1.99 bits per heavy atom. The van der Waals surface area contributed by atoms with Crippen molar-refractivity contribution >= 4 is 35.9 Å². The number of ether oxygens (including phenoxy) is 8. The molecule has 0 aromatic heterocycles. The van der Waals surface area contributed by atoms with E-state index in [1.807, 2.05) is 0 Å². The molecule has 6 N–H and O–H groups in total. The first-order valence-corrected chi connectivity index (χ1v) is 24.1. The minimum absolute atomic E-state index is 0.0194. The maximum Gasteiger partial charge on any atom is 0.408 e. The predicted octanol–water partition coefficient (Wildman–Crippen LogP) is 4.08. The summed E-state index contributed by atoms with van der Waals surface area (Å²) in [5.41, 5.74) is -8.30. The first-order valence-electron chi connectivity index (χ1n) is 24.1. The minimum Gasteiger partial charge on any atom is -0.479 e. The Morgan fingerprint density at radius 1 is 0.836 bits per heavy atom. The Morgan fingerprint density at radius 2 is 1.42 bits per heavy atom. The van der Waals surface area contributed by atoms with Gasteiger partial charge in [0.1, 0.15) is 35.6 Å². The van der Waals surface area contributed by atoms with Gasteiger partial charge in [0.25, 0.3) is 0 Å². The van der Waals surface area contributed by atoms with Crippen LogP contribution in [0.15, 0.2) is 84.9 Å². The highest BCUT2D eigenvalue weighted by Gasteiger charge is 2.79. The molecule has 3 saturated carbocycles. The van der Waals surface area contributed by atoms with Gasteiger partial charge in [-0.15, -0.1) is 0 Å². The van der Waals surface area contributed by atoms with Crippen LogP contribution in [-0.2, 0) is 47.6 Å². The van der Waals surface area contributed by atoms with E-state index in [0.717, 1.165) is 6.92 Å². The second-order valence-electron chi connectivity index (χ2n) is 21.1. The molecule has 20 heteroatoms. The number of nitrogens with one attached hydrogen (secondary N) is 1.